The molecule has 0 saturated heterocycles. The third kappa shape index (κ3) is 5.37. The van der Waals surface area contributed by atoms with Crippen molar-refractivity contribution in [1.82, 2.24) is 14.5 Å². The Morgan fingerprint density at radius 1 is 1.14 bits per heavy atom. The summed E-state index contributed by atoms with van der Waals surface area (Å²) in [7, 11) is -3.44. The number of nitrogens with zero attached hydrogens (tertiary/aromatic N) is 2. The molecule has 0 aliphatic heterocycles. The van der Waals surface area contributed by atoms with Crippen LogP contribution >= 0.6 is 0 Å². The molecule has 0 unspecified atom stereocenters. The number of nitrogens with one attached hydrogen (secondary N) is 2. The van der Waals surface area contributed by atoms with Crippen molar-refractivity contribution in [2.24, 2.45) is 0 Å². The zero-order chi connectivity index (χ0) is 20.9. The average molecular weight is 412 g/mol. The zero-order valence-electron chi connectivity index (χ0n) is 15.5. The number of benzene rings is 2. The van der Waals surface area contributed by atoms with Crippen molar-refractivity contribution in [3.8, 4) is 0 Å². The Bertz CT molecular complexity index is 1200. The van der Waals surface area contributed by atoms with Gasteiger partial charge in [0.1, 0.15) is 6.54 Å². The van der Waals surface area contributed by atoms with E-state index in [9.17, 15) is 18.0 Å². The SMILES string of the molecule is C=CCNS(=O)(=O)Cc1ccc(NC(=O)Cn2ncc(=O)c3ccccc32)cc1. The summed E-state index contributed by atoms with van der Waals surface area (Å²) in [5.41, 5.74) is 1.49. The quantitative estimate of drug-likeness (QED) is 0.547. The maximum Gasteiger partial charge on any atom is 0.246 e. The van der Waals surface area contributed by atoms with E-state index in [0.29, 0.717) is 22.2 Å². The maximum atomic E-state index is 12.4. The van der Waals surface area contributed by atoms with E-state index in [1.54, 1.807) is 48.5 Å². The lowest BCUT2D eigenvalue weighted by atomic mass is 10.2. The van der Waals surface area contributed by atoms with Crippen LogP contribution in [0.5, 0.6) is 0 Å². The number of aromatic nitrogens is 2. The van der Waals surface area contributed by atoms with Gasteiger partial charge >= 0.3 is 0 Å². The Morgan fingerprint density at radius 3 is 2.59 bits per heavy atom. The lowest BCUT2D eigenvalue weighted by Gasteiger charge is -2.10. The fourth-order valence-electron chi connectivity index (χ4n) is 2.76. The fourth-order valence-corrected chi connectivity index (χ4v) is 3.87. The number of para-hydroxylation sites is 1. The molecule has 0 spiro atoms. The van der Waals surface area contributed by atoms with E-state index in [-0.39, 0.29) is 30.2 Å². The normalized spacial score (nSPS) is 11.3. The second-order valence-corrected chi connectivity index (χ2v) is 8.13. The predicted molar refractivity (Wildman–Crippen MR) is 112 cm³/mol. The van der Waals surface area contributed by atoms with Crippen molar-refractivity contribution < 1.29 is 13.2 Å². The number of carbonyl (C=O) groups is 1. The van der Waals surface area contributed by atoms with Crippen molar-refractivity contribution in [2.45, 2.75) is 12.3 Å². The molecule has 0 atom stereocenters. The average Bonchev–Trinajstić information content (AvgIpc) is 2.70. The molecule has 0 aliphatic carbocycles. The van der Waals surface area contributed by atoms with Gasteiger partial charge in [-0.25, -0.2) is 13.1 Å². The minimum Gasteiger partial charge on any atom is -0.324 e. The first-order valence-corrected chi connectivity index (χ1v) is 10.4. The van der Waals surface area contributed by atoms with Gasteiger partial charge in [0.25, 0.3) is 0 Å². The molecule has 0 saturated carbocycles. The molecule has 2 aromatic carbocycles. The summed E-state index contributed by atoms with van der Waals surface area (Å²) in [5.74, 6) is -0.484. The fraction of sp³-hybridized carbons (Fsp3) is 0.150. The van der Waals surface area contributed by atoms with Crippen molar-refractivity contribution in [3.63, 3.8) is 0 Å². The van der Waals surface area contributed by atoms with E-state index in [1.807, 2.05) is 0 Å². The van der Waals surface area contributed by atoms with Gasteiger partial charge < -0.3 is 5.32 Å². The molecule has 2 N–H and O–H groups in total. The lowest BCUT2D eigenvalue weighted by Crippen LogP contribution is -2.25. The number of carbonyl (C=O) groups excluding carboxylic acids is 1. The third-order valence-electron chi connectivity index (χ3n) is 4.10. The van der Waals surface area contributed by atoms with Crippen LogP contribution in [-0.2, 0) is 27.1 Å². The van der Waals surface area contributed by atoms with Crippen molar-refractivity contribution >= 4 is 32.5 Å². The summed E-state index contributed by atoms with van der Waals surface area (Å²) in [6.45, 7) is 3.58. The van der Waals surface area contributed by atoms with Gasteiger partial charge in [0, 0.05) is 17.6 Å². The number of hydrogen-bond donors (Lipinski definition) is 2. The number of fused-ring (bicyclic) bond motifs is 1. The van der Waals surface area contributed by atoms with Gasteiger partial charge in [-0.05, 0) is 29.8 Å². The van der Waals surface area contributed by atoms with Crippen molar-refractivity contribution in [3.05, 3.63) is 83.2 Å². The minimum atomic E-state index is -3.44. The summed E-state index contributed by atoms with van der Waals surface area (Å²) in [6.07, 6.45) is 2.65. The second kappa shape index (κ2) is 8.80. The largest absolute Gasteiger partial charge is 0.324 e. The summed E-state index contributed by atoms with van der Waals surface area (Å²) in [5, 5.41) is 7.26. The van der Waals surface area contributed by atoms with E-state index in [4.69, 9.17) is 0 Å². The van der Waals surface area contributed by atoms with Crippen LogP contribution in [-0.4, -0.2) is 30.7 Å². The molecule has 1 amide bonds. The molecule has 0 aliphatic rings. The number of anilines is 1. The van der Waals surface area contributed by atoms with Gasteiger partial charge in [0.15, 0.2) is 0 Å². The smallest absolute Gasteiger partial charge is 0.246 e. The van der Waals surface area contributed by atoms with Crippen LogP contribution in [0.2, 0.25) is 0 Å². The van der Waals surface area contributed by atoms with Gasteiger partial charge in [0.05, 0.1) is 17.5 Å². The van der Waals surface area contributed by atoms with E-state index < -0.39 is 10.0 Å². The molecular weight excluding hydrogens is 392 g/mol. The highest BCUT2D eigenvalue weighted by Gasteiger charge is 2.11. The number of sulfonamides is 1. The van der Waals surface area contributed by atoms with E-state index in [0.717, 1.165) is 0 Å². The highest BCUT2D eigenvalue weighted by molar-refractivity contribution is 7.88. The zero-order valence-corrected chi connectivity index (χ0v) is 16.4. The van der Waals surface area contributed by atoms with E-state index in [1.165, 1.54) is 17.0 Å². The topological polar surface area (TPSA) is 110 Å². The Balaban J connectivity index is 1.67. The summed E-state index contributed by atoms with van der Waals surface area (Å²) >= 11 is 0. The number of hydrogen-bond acceptors (Lipinski definition) is 5. The number of amides is 1. The molecule has 0 radical (unpaired) electrons. The van der Waals surface area contributed by atoms with Gasteiger partial charge in [-0.1, -0.05) is 30.3 Å². The molecule has 3 rings (SSSR count). The Labute approximate surface area is 167 Å². The summed E-state index contributed by atoms with van der Waals surface area (Å²) in [6, 6.07) is 13.5. The van der Waals surface area contributed by atoms with Crippen LogP contribution in [0.25, 0.3) is 10.9 Å². The van der Waals surface area contributed by atoms with Gasteiger partial charge in [-0.2, -0.15) is 5.10 Å². The highest BCUT2D eigenvalue weighted by atomic mass is 32.2. The predicted octanol–water partition coefficient (Wildman–Crippen LogP) is 1.64. The van der Waals surface area contributed by atoms with Gasteiger partial charge in [0.2, 0.25) is 21.4 Å². The summed E-state index contributed by atoms with van der Waals surface area (Å²) in [4.78, 5) is 24.2. The summed E-state index contributed by atoms with van der Waals surface area (Å²) < 4.78 is 27.6. The molecular formula is C20H20N4O4S. The lowest BCUT2D eigenvalue weighted by molar-refractivity contribution is -0.116. The first-order valence-electron chi connectivity index (χ1n) is 8.80. The van der Waals surface area contributed by atoms with Crippen LogP contribution in [0.15, 0.2) is 72.2 Å². The Morgan fingerprint density at radius 2 is 1.86 bits per heavy atom. The molecule has 3 aromatic rings. The minimum absolute atomic E-state index is 0.0671. The monoisotopic (exact) mass is 412 g/mol. The first-order chi connectivity index (χ1) is 13.9. The maximum absolute atomic E-state index is 12.4. The van der Waals surface area contributed by atoms with Crippen LogP contribution in [0.3, 0.4) is 0 Å². The van der Waals surface area contributed by atoms with Gasteiger partial charge in [-0.15, -0.1) is 6.58 Å². The van der Waals surface area contributed by atoms with E-state index >= 15 is 0 Å². The van der Waals surface area contributed by atoms with Crippen LogP contribution < -0.4 is 15.5 Å². The molecule has 29 heavy (non-hydrogen) atoms. The Hall–Kier alpha value is -3.30. The van der Waals surface area contributed by atoms with Crippen LogP contribution in [0.4, 0.5) is 5.69 Å². The van der Waals surface area contributed by atoms with Gasteiger partial charge in [-0.3, -0.25) is 14.3 Å². The molecule has 9 heteroatoms. The molecule has 0 fully saturated rings. The van der Waals surface area contributed by atoms with Crippen molar-refractivity contribution in [2.75, 3.05) is 11.9 Å². The Kier molecular flexibility index (Phi) is 6.20. The molecule has 0 bridgehead atoms. The van der Waals surface area contributed by atoms with Crippen molar-refractivity contribution in [1.29, 1.82) is 0 Å². The highest BCUT2D eigenvalue weighted by Crippen LogP contribution is 2.13. The van der Waals surface area contributed by atoms with E-state index in [2.05, 4.69) is 21.7 Å². The molecule has 1 heterocycles. The first kappa shape index (κ1) is 20.4. The third-order valence-corrected chi connectivity index (χ3v) is 5.42. The molecule has 150 valence electrons. The standard InChI is InChI=1S/C20H20N4O4S/c1-2-11-22-29(27,28)14-15-7-9-16(10-8-15)23-20(26)13-24-18-6-4-3-5-17(18)19(25)12-21-24/h2-10,12,22H,1,11,13-14H2,(H,23,26). The molecule has 8 nitrogen and oxygen atoms in total. The van der Waals surface area contributed by atoms with Crippen LogP contribution in [0, 0.1) is 0 Å². The molecule has 1 aromatic heterocycles. The second-order valence-electron chi connectivity index (χ2n) is 6.32. The van der Waals surface area contributed by atoms with Crippen LogP contribution in [0.1, 0.15) is 5.56 Å². The number of rotatable bonds is 8.